The van der Waals surface area contributed by atoms with E-state index in [1.54, 1.807) is 18.2 Å². The number of rotatable bonds is 13. The highest BCUT2D eigenvalue weighted by atomic mass is 35.5. The van der Waals surface area contributed by atoms with Crippen molar-refractivity contribution in [2.75, 3.05) is 38.2 Å². The van der Waals surface area contributed by atoms with Crippen molar-refractivity contribution in [3.05, 3.63) is 101 Å². The van der Waals surface area contributed by atoms with Crippen LogP contribution >= 0.6 is 23.2 Å². The number of benzene rings is 3. The van der Waals surface area contributed by atoms with Crippen LogP contribution in [0.4, 0.5) is 5.69 Å². The van der Waals surface area contributed by atoms with Crippen LogP contribution in [0.25, 0.3) is 0 Å². The lowest BCUT2D eigenvalue weighted by atomic mass is 10.1. The van der Waals surface area contributed by atoms with Gasteiger partial charge < -0.3 is 29.6 Å². The lowest BCUT2D eigenvalue weighted by Crippen LogP contribution is -2.30. The van der Waals surface area contributed by atoms with E-state index in [4.69, 9.17) is 42.1 Å². The molecule has 1 saturated heterocycles. The van der Waals surface area contributed by atoms with E-state index in [1.165, 1.54) is 0 Å². The van der Waals surface area contributed by atoms with Crippen LogP contribution in [-0.4, -0.2) is 44.9 Å². The quantitative estimate of drug-likeness (QED) is 0.194. The summed E-state index contributed by atoms with van der Waals surface area (Å²) in [6.07, 6.45) is 1.73. The van der Waals surface area contributed by atoms with Crippen LogP contribution in [0.5, 0.6) is 11.5 Å². The maximum absolute atomic E-state index is 12.3. The van der Waals surface area contributed by atoms with Gasteiger partial charge in [0.05, 0.1) is 18.1 Å². The van der Waals surface area contributed by atoms with E-state index in [9.17, 15) is 4.79 Å². The second-order valence-electron chi connectivity index (χ2n) is 9.16. The minimum absolute atomic E-state index is 0.0473. The van der Waals surface area contributed by atoms with Crippen LogP contribution < -0.4 is 20.1 Å². The Morgan fingerprint density at radius 1 is 1.08 bits per heavy atom. The number of carbonyl (C=O) groups excluding carboxylic acids is 1. The van der Waals surface area contributed by atoms with Gasteiger partial charge in [-0.15, -0.1) is 0 Å². The summed E-state index contributed by atoms with van der Waals surface area (Å²) in [6, 6.07) is 20.4. The zero-order valence-corrected chi connectivity index (χ0v) is 23.3. The van der Waals surface area contributed by atoms with Crippen LogP contribution in [0, 0.1) is 0 Å². The molecule has 0 aromatic heterocycles. The molecule has 2 N–H and O–H groups in total. The van der Waals surface area contributed by atoms with Crippen molar-refractivity contribution in [2.45, 2.75) is 25.2 Å². The Kier molecular flexibility index (Phi) is 10.1. The number of nitrogens with one attached hydrogen (secondary N) is 2. The smallest absolute Gasteiger partial charge is 0.224 e. The topological polar surface area (TPSA) is 78.1 Å². The molecule has 1 amide bonds. The number of ether oxygens (including phenoxy) is 4. The average Bonchev–Trinajstić information content (AvgIpc) is 3.31. The molecule has 4 rings (SSSR count). The molecule has 0 unspecified atom stereocenters. The van der Waals surface area contributed by atoms with E-state index < -0.39 is 5.79 Å². The fourth-order valence-electron chi connectivity index (χ4n) is 4.13. The summed E-state index contributed by atoms with van der Waals surface area (Å²) in [5.74, 6) is 0.437. The van der Waals surface area contributed by atoms with E-state index in [0.717, 1.165) is 28.3 Å². The molecule has 1 aliphatic heterocycles. The normalized spacial score (nSPS) is 18.4. The van der Waals surface area contributed by atoms with E-state index in [-0.39, 0.29) is 12.0 Å². The van der Waals surface area contributed by atoms with Crippen LogP contribution in [0.3, 0.4) is 0 Å². The Labute approximate surface area is 239 Å². The number of carbonyl (C=O) groups is 1. The monoisotopic (exact) mass is 570 g/mol. The Morgan fingerprint density at radius 2 is 1.90 bits per heavy atom. The first-order chi connectivity index (χ1) is 18.8. The summed E-state index contributed by atoms with van der Waals surface area (Å²) in [7, 11) is 0. The third kappa shape index (κ3) is 8.38. The van der Waals surface area contributed by atoms with Gasteiger partial charge >= 0.3 is 0 Å². The largest absolute Gasteiger partial charge is 0.491 e. The predicted molar refractivity (Wildman–Crippen MR) is 154 cm³/mol. The molecule has 206 valence electrons. The van der Waals surface area contributed by atoms with Crippen molar-refractivity contribution in [3.8, 4) is 11.5 Å². The fourth-order valence-corrected chi connectivity index (χ4v) is 4.71. The molecular weight excluding hydrogens is 539 g/mol. The van der Waals surface area contributed by atoms with E-state index in [1.807, 2.05) is 61.5 Å². The zero-order chi connectivity index (χ0) is 27.7. The molecule has 1 aliphatic rings. The lowest BCUT2D eigenvalue weighted by Gasteiger charge is -2.25. The first kappa shape index (κ1) is 28.8. The van der Waals surface area contributed by atoms with Crippen molar-refractivity contribution in [3.63, 3.8) is 0 Å². The molecule has 0 radical (unpaired) electrons. The molecule has 1 heterocycles. The maximum atomic E-state index is 12.3. The van der Waals surface area contributed by atoms with Gasteiger partial charge in [-0.25, -0.2) is 0 Å². The van der Waals surface area contributed by atoms with Crippen molar-refractivity contribution in [1.29, 1.82) is 0 Å². The van der Waals surface area contributed by atoms with Crippen molar-refractivity contribution in [1.82, 2.24) is 5.32 Å². The second-order valence-corrected chi connectivity index (χ2v) is 10.0. The number of anilines is 1. The van der Waals surface area contributed by atoms with E-state index in [2.05, 4.69) is 17.2 Å². The Morgan fingerprint density at radius 3 is 2.67 bits per heavy atom. The molecule has 1 fully saturated rings. The summed E-state index contributed by atoms with van der Waals surface area (Å²) < 4.78 is 23.5. The highest BCUT2D eigenvalue weighted by Crippen LogP contribution is 2.38. The molecule has 0 spiro atoms. The van der Waals surface area contributed by atoms with Gasteiger partial charge in [-0.05, 0) is 61.0 Å². The molecule has 9 heteroatoms. The molecule has 39 heavy (non-hydrogen) atoms. The van der Waals surface area contributed by atoms with E-state index >= 15 is 0 Å². The molecule has 2 atom stereocenters. The number of halogens is 2. The van der Waals surface area contributed by atoms with Crippen LogP contribution in [-0.2, 0) is 26.5 Å². The number of amides is 1. The highest BCUT2D eigenvalue weighted by molar-refractivity contribution is 6.35. The average molecular weight is 572 g/mol. The lowest BCUT2D eigenvalue weighted by molar-refractivity contribution is -0.164. The number of hydrogen-bond donors (Lipinski definition) is 2. The molecule has 7 nitrogen and oxygen atoms in total. The second kappa shape index (κ2) is 13.7. The van der Waals surface area contributed by atoms with E-state index in [0.29, 0.717) is 49.4 Å². The van der Waals surface area contributed by atoms with Crippen LogP contribution in [0.15, 0.2) is 79.4 Å². The Balaban J connectivity index is 1.15. The van der Waals surface area contributed by atoms with Gasteiger partial charge in [0.25, 0.3) is 0 Å². The first-order valence-corrected chi connectivity index (χ1v) is 13.4. The molecule has 3 aromatic rings. The van der Waals surface area contributed by atoms with Gasteiger partial charge in [0.2, 0.25) is 5.91 Å². The minimum Gasteiger partial charge on any atom is -0.491 e. The van der Waals surface area contributed by atoms with Gasteiger partial charge in [-0.1, -0.05) is 54.1 Å². The van der Waals surface area contributed by atoms with Crippen molar-refractivity contribution < 1.29 is 23.7 Å². The SMILES string of the molecule is C=CCOc1cccc(CC(=O)NCCNc2ccc(OC[C@@H]3CO[C@](C)(c4ccc(Cl)cc4Cl)O3)cc2)c1. The summed E-state index contributed by atoms with van der Waals surface area (Å²) in [6.45, 7) is 7.71. The summed E-state index contributed by atoms with van der Waals surface area (Å²) in [4.78, 5) is 12.3. The van der Waals surface area contributed by atoms with Gasteiger partial charge in [-0.2, -0.15) is 0 Å². The molecule has 0 aliphatic carbocycles. The number of hydrogen-bond acceptors (Lipinski definition) is 6. The fraction of sp³-hybridized carbons (Fsp3) is 0.300. The molecule has 0 bridgehead atoms. The summed E-state index contributed by atoms with van der Waals surface area (Å²) in [5, 5.41) is 7.27. The molecule has 3 aromatic carbocycles. The van der Waals surface area contributed by atoms with Gasteiger partial charge in [0.15, 0.2) is 5.79 Å². The first-order valence-electron chi connectivity index (χ1n) is 12.7. The standard InChI is InChI=1S/C30H32Cl2N2O5/c1-3-15-36-25-6-4-5-21(16-25)17-29(35)34-14-13-33-23-8-10-24(11-9-23)37-19-26-20-38-30(2,39-26)27-12-7-22(31)18-28(27)32/h3-12,16,18,26,33H,1,13-15,17,19-20H2,2H3,(H,34,35)/t26-,30+/m1/s1. The Bertz CT molecular complexity index is 1270. The molecule has 0 saturated carbocycles. The predicted octanol–water partition coefficient (Wildman–Crippen LogP) is 6.00. The molecular formula is C30H32Cl2N2O5. The van der Waals surface area contributed by atoms with Gasteiger partial charge in [-0.3, -0.25) is 4.79 Å². The summed E-state index contributed by atoms with van der Waals surface area (Å²) >= 11 is 12.3. The third-order valence-corrected chi connectivity index (χ3v) is 6.60. The van der Waals surface area contributed by atoms with Crippen molar-refractivity contribution >= 4 is 34.8 Å². The van der Waals surface area contributed by atoms with Crippen LogP contribution in [0.2, 0.25) is 10.0 Å². The van der Waals surface area contributed by atoms with Gasteiger partial charge in [0, 0.05) is 29.4 Å². The zero-order valence-electron chi connectivity index (χ0n) is 21.8. The van der Waals surface area contributed by atoms with Crippen molar-refractivity contribution in [2.24, 2.45) is 0 Å². The van der Waals surface area contributed by atoms with Gasteiger partial charge in [0.1, 0.15) is 30.8 Å². The Hall–Kier alpha value is -3.23. The summed E-state index contributed by atoms with van der Waals surface area (Å²) in [5.41, 5.74) is 2.55. The van der Waals surface area contributed by atoms with Crippen LogP contribution in [0.1, 0.15) is 18.1 Å². The maximum Gasteiger partial charge on any atom is 0.224 e. The third-order valence-electron chi connectivity index (χ3n) is 6.05. The highest BCUT2D eigenvalue weighted by Gasteiger charge is 2.40. The minimum atomic E-state index is -0.956.